The van der Waals surface area contributed by atoms with Gasteiger partial charge in [0.1, 0.15) is 6.54 Å². The van der Waals surface area contributed by atoms with Crippen molar-refractivity contribution in [1.29, 1.82) is 0 Å². The fourth-order valence-electron chi connectivity index (χ4n) is 3.69. The SMILES string of the molecule is CCN(CC(F)(F)F)C(=O)C1CCCN(CC2CCCNC2)C1.Cl. The van der Waals surface area contributed by atoms with Gasteiger partial charge in [-0.2, -0.15) is 13.2 Å². The molecule has 2 saturated heterocycles. The molecular weight excluding hydrogens is 343 g/mol. The Bertz CT molecular complexity index is 389. The van der Waals surface area contributed by atoms with Crippen molar-refractivity contribution in [2.75, 3.05) is 45.8 Å². The maximum atomic E-state index is 12.6. The van der Waals surface area contributed by atoms with Crippen LogP contribution in [-0.4, -0.2) is 67.7 Å². The topological polar surface area (TPSA) is 35.6 Å². The molecule has 0 aromatic carbocycles. The summed E-state index contributed by atoms with van der Waals surface area (Å²) in [4.78, 5) is 15.7. The van der Waals surface area contributed by atoms with Crippen LogP contribution in [0.1, 0.15) is 32.6 Å². The van der Waals surface area contributed by atoms with Gasteiger partial charge in [0.05, 0.1) is 5.92 Å². The third-order valence-corrected chi connectivity index (χ3v) is 4.83. The molecule has 0 saturated carbocycles. The summed E-state index contributed by atoms with van der Waals surface area (Å²) in [5, 5.41) is 3.38. The second-order valence-electron chi connectivity index (χ2n) is 6.78. The van der Waals surface area contributed by atoms with E-state index in [1.807, 2.05) is 0 Å². The van der Waals surface area contributed by atoms with Gasteiger partial charge in [0, 0.05) is 19.6 Å². The Morgan fingerprint density at radius 1 is 1.29 bits per heavy atom. The number of alkyl halides is 3. The number of carbonyl (C=O) groups excluding carboxylic acids is 1. The molecule has 4 nitrogen and oxygen atoms in total. The van der Waals surface area contributed by atoms with E-state index in [1.54, 1.807) is 6.92 Å². The minimum absolute atomic E-state index is 0. The number of hydrogen-bond donors (Lipinski definition) is 1. The van der Waals surface area contributed by atoms with Crippen molar-refractivity contribution in [3.05, 3.63) is 0 Å². The summed E-state index contributed by atoms with van der Waals surface area (Å²) in [5.74, 6) is -0.0334. The van der Waals surface area contributed by atoms with E-state index in [-0.39, 0.29) is 30.8 Å². The van der Waals surface area contributed by atoms with Crippen LogP contribution in [-0.2, 0) is 4.79 Å². The summed E-state index contributed by atoms with van der Waals surface area (Å²) in [7, 11) is 0. The fourth-order valence-corrected chi connectivity index (χ4v) is 3.69. The van der Waals surface area contributed by atoms with Crippen molar-refractivity contribution >= 4 is 18.3 Å². The molecule has 2 unspecified atom stereocenters. The third kappa shape index (κ3) is 6.76. The second-order valence-corrected chi connectivity index (χ2v) is 6.78. The van der Waals surface area contributed by atoms with Crippen molar-refractivity contribution in [2.45, 2.75) is 38.8 Å². The Labute approximate surface area is 148 Å². The highest BCUT2D eigenvalue weighted by Crippen LogP contribution is 2.23. The van der Waals surface area contributed by atoms with Crippen LogP contribution >= 0.6 is 12.4 Å². The Morgan fingerprint density at radius 3 is 2.62 bits per heavy atom. The Kier molecular flexibility index (Phi) is 8.81. The van der Waals surface area contributed by atoms with Gasteiger partial charge in [0.25, 0.3) is 0 Å². The van der Waals surface area contributed by atoms with Gasteiger partial charge in [-0.05, 0) is 58.2 Å². The number of nitrogens with one attached hydrogen (secondary N) is 1. The van der Waals surface area contributed by atoms with Gasteiger partial charge in [-0.15, -0.1) is 12.4 Å². The first-order chi connectivity index (χ1) is 10.9. The van der Waals surface area contributed by atoms with Crippen LogP contribution in [0.3, 0.4) is 0 Å². The van der Waals surface area contributed by atoms with Crippen molar-refractivity contribution in [2.24, 2.45) is 11.8 Å². The average molecular weight is 372 g/mol. The van der Waals surface area contributed by atoms with E-state index in [9.17, 15) is 18.0 Å². The number of piperidine rings is 2. The van der Waals surface area contributed by atoms with Gasteiger partial charge >= 0.3 is 6.18 Å². The predicted octanol–water partition coefficient (Wildman–Crippen LogP) is 2.53. The number of halogens is 4. The van der Waals surface area contributed by atoms with E-state index < -0.39 is 12.7 Å². The van der Waals surface area contributed by atoms with E-state index in [0.717, 1.165) is 37.5 Å². The standard InChI is InChI=1S/C16H28F3N3O.ClH/c1-2-22(12-16(17,18)19)15(23)14-6-4-8-21(11-14)10-13-5-3-7-20-9-13;/h13-14,20H,2-12H2,1H3;1H. The lowest BCUT2D eigenvalue weighted by Gasteiger charge is -2.37. The summed E-state index contributed by atoms with van der Waals surface area (Å²) in [5.41, 5.74) is 0. The van der Waals surface area contributed by atoms with Crippen LogP contribution in [0.2, 0.25) is 0 Å². The Hall–Kier alpha value is -0.530. The van der Waals surface area contributed by atoms with Crippen molar-refractivity contribution in [3.63, 3.8) is 0 Å². The smallest absolute Gasteiger partial charge is 0.334 e. The van der Waals surface area contributed by atoms with Crippen molar-refractivity contribution < 1.29 is 18.0 Å². The predicted molar refractivity (Wildman–Crippen MR) is 90.3 cm³/mol. The van der Waals surface area contributed by atoms with Gasteiger partial charge < -0.3 is 15.1 Å². The van der Waals surface area contributed by atoms with Gasteiger partial charge in [0.2, 0.25) is 5.91 Å². The molecule has 2 atom stereocenters. The summed E-state index contributed by atoms with van der Waals surface area (Å²) in [6.07, 6.45) is -0.367. The molecule has 2 aliphatic rings. The van der Waals surface area contributed by atoms with Crippen molar-refractivity contribution in [1.82, 2.24) is 15.1 Å². The molecule has 0 aliphatic carbocycles. The Balaban J connectivity index is 0.00000288. The normalized spacial score (nSPS) is 25.8. The molecule has 0 radical (unpaired) electrons. The van der Waals surface area contributed by atoms with E-state index in [2.05, 4.69) is 10.2 Å². The summed E-state index contributed by atoms with van der Waals surface area (Å²) in [6.45, 7) is 5.16. The quantitative estimate of drug-likeness (QED) is 0.806. The largest absolute Gasteiger partial charge is 0.406 e. The molecule has 24 heavy (non-hydrogen) atoms. The first-order valence-electron chi connectivity index (χ1n) is 8.67. The molecule has 2 aliphatic heterocycles. The lowest BCUT2D eigenvalue weighted by molar-refractivity contribution is -0.164. The lowest BCUT2D eigenvalue weighted by Crippen LogP contribution is -2.49. The van der Waals surface area contributed by atoms with E-state index in [1.165, 1.54) is 12.8 Å². The molecule has 142 valence electrons. The summed E-state index contributed by atoms with van der Waals surface area (Å²) < 4.78 is 37.8. The minimum Gasteiger partial charge on any atom is -0.334 e. The molecular formula is C16H29ClF3N3O. The van der Waals surface area contributed by atoms with Crippen molar-refractivity contribution in [3.8, 4) is 0 Å². The van der Waals surface area contributed by atoms with Crippen LogP contribution in [0.4, 0.5) is 13.2 Å². The Morgan fingerprint density at radius 2 is 2.04 bits per heavy atom. The zero-order valence-electron chi connectivity index (χ0n) is 14.3. The monoisotopic (exact) mass is 371 g/mol. The van der Waals surface area contributed by atoms with E-state index >= 15 is 0 Å². The molecule has 2 rings (SSSR count). The lowest BCUT2D eigenvalue weighted by atomic mass is 9.93. The number of nitrogens with zero attached hydrogens (tertiary/aromatic N) is 2. The maximum absolute atomic E-state index is 12.6. The summed E-state index contributed by atoms with van der Waals surface area (Å²) in [6, 6.07) is 0. The second kappa shape index (κ2) is 9.82. The third-order valence-electron chi connectivity index (χ3n) is 4.83. The van der Waals surface area contributed by atoms with Gasteiger partial charge in [-0.3, -0.25) is 4.79 Å². The maximum Gasteiger partial charge on any atom is 0.406 e. The number of carbonyl (C=O) groups is 1. The zero-order valence-corrected chi connectivity index (χ0v) is 15.1. The number of rotatable bonds is 5. The van der Waals surface area contributed by atoms with Crippen LogP contribution in [0.25, 0.3) is 0 Å². The van der Waals surface area contributed by atoms with Gasteiger partial charge in [-0.25, -0.2) is 0 Å². The molecule has 1 N–H and O–H groups in total. The first kappa shape index (κ1) is 21.5. The molecule has 0 bridgehead atoms. The molecule has 0 spiro atoms. The van der Waals surface area contributed by atoms with Gasteiger partial charge in [0.15, 0.2) is 0 Å². The fraction of sp³-hybridized carbons (Fsp3) is 0.938. The van der Waals surface area contributed by atoms with Gasteiger partial charge in [-0.1, -0.05) is 0 Å². The number of likely N-dealkylation sites (tertiary alicyclic amines) is 1. The van der Waals surface area contributed by atoms with Crippen LogP contribution in [0.15, 0.2) is 0 Å². The van der Waals surface area contributed by atoms with Crippen LogP contribution < -0.4 is 5.32 Å². The zero-order chi connectivity index (χ0) is 16.9. The average Bonchev–Trinajstić information content (AvgIpc) is 2.52. The number of hydrogen-bond acceptors (Lipinski definition) is 3. The molecule has 0 aromatic rings. The first-order valence-corrected chi connectivity index (χ1v) is 8.67. The molecule has 8 heteroatoms. The number of amides is 1. The minimum atomic E-state index is -4.33. The molecule has 0 aromatic heterocycles. The van der Waals surface area contributed by atoms with E-state index in [0.29, 0.717) is 18.9 Å². The highest BCUT2D eigenvalue weighted by atomic mass is 35.5. The molecule has 2 fully saturated rings. The highest BCUT2D eigenvalue weighted by molar-refractivity contribution is 5.85. The highest BCUT2D eigenvalue weighted by Gasteiger charge is 2.36. The van der Waals surface area contributed by atoms with Crippen LogP contribution in [0.5, 0.6) is 0 Å². The molecule has 1 amide bonds. The van der Waals surface area contributed by atoms with E-state index in [4.69, 9.17) is 0 Å². The van der Waals surface area contributed by atoms with Crippen LogP contribution in [0, 0.1) is 11.8 Å². The summed E-state index contributed by atoms with van der Waals surface area (Å²) >= 11 is 0. The molecule has 2 heterocycles.